The van der Waals surface area contributed by atoms with Gasteiger partial charge in [0.2, 0.25) is 0 Å². The summed E-state index contributed by atoms with van der Waals surface area (Å²) in [6, 6.07) is 1.43. The summed E-state index contributed by atoms with van der Waals surface area (Å²) in [6.45, 7) is 5.64. The van der Waals surface area contributed by atoms with E-state index >= 15 is 0 Å². The molecule has 1 saturated carbocycles. The first-order valence-corrected chi connectivity index (χ1v) is 7.01. The second-order valence-corrected chi connectivity index (χ2v) is 5.37. The first-order chi connectivity index (χ1) is 7.85. The Morgan fingerprint density at radius 3 is 2.88 bits per heavy atom. The van der Waals surface area contributed by atoms with Gasteiger partial charge < -0.3 is 5.32 Å². The summed E-state index contributed by atoms with van der Waals surface area (Å²) in [6.07, 6.45) is 7.48. The summed E-state index contributed by atoms with van der Waals surface area (Å²) in [5, 5.41) is 3.70. The van der Waals surface area contributed by atoms with E-state index in [0.29, 0.717) is 6.04 Å². The van der Waals surface area contributed by atoms with E-state index in [0.717, 1.165) is 18.5 Å². The monoisotopic (exact) mass is 242 g/mol. The quantitative estimate of drug-likeness (QED) is 0.797. The zero-order chi connectivity index (χ0) is 11.4. The number of nitrogens with zero attached hydrogens (tertiary/aromatic N) is 1. The average molecular weight is 243 g/mol. The Morgan fingerprint density at radius 1 is 1.44 bits per heavy atom. The van der Waals surface area contributed by atoms with E-state index in [9.17, 15) is 0 Å². The molecule has 1 saturated heterocycles. The first-order valence-electron chi connectivity index (χ1n) is 6.57. The predicted octanol–water partition coefficient (Wildman–Crippen LogP) is 2.59. The van der Waals surface area contributed by atoms with Crippen LogP contribution in [0.3, 0.4) is 0 Å². The van der Waals surface area contributed by atoms with Crippen LogP contribution in [0.25, 0.3) is 0 Å². The number of piperazine rings is 1. The SMILES string of the molecule is CCCC1CN(C/C=C/Cl)C(C2CC2)CN1. The van der Waals surface area contributed by atoms with Gasteiger partial charge in [-0.15, -0.1) is 0 Å². The molecule has 1 heterocycles. The molecule has 2 aliphatic rings. The Balaban J connectivity index is 1.89. The molecule has 1 N–H and O–H groups in total. The maximum Gasteiger partial charge on any atom is 0.0252 e. The molecule has 2 nitrogen and oxygen atoms in total. The van der Waals surface area contributed by atoms with Crippen LogP contribution in [0.15, 0.2) is 11.6 Å². The highest BCUT2D eigenvalue weighted by Gasteiger charge is 2.37. The highest BCUT2D eigenvalue weighted by atomic mass is 35.5. The molecule has 2 atom stereocenters. The third-order valence-electron chi connectivity index (χ3n) is 3.77. The van der Waals surface area contributed by atoms with E-state index in [-0.39, 0.29) is 0 Å². The van der Waals surface area contributed by atoms with Gasteiger partial charge in [-0.2, -0.15) is 0 Å². The molecular weight excluding hydrogens is 220 g/mol. The molecule has 0 aromatic rings. The van der Waals surface area contributed by atoms with Crippen LogP contribution in [-0.2, 0) is 0 Å². The topological polar surface area (TPSA) is 15.3 Å². The molecule has 92 valence electrons. The van der Waals surface area contributed by atoms with Crippen LogP contribution < -0.4 is 5.32 Å². The molecule has 2 unspecified atom stereocenters. The summed E-state index contributed by atoms with van der Waals surface area (Å²) in [4.78, 5) is 2.62. The Labute approximate surface area is 104 Å². The van der Waals surface area contributed by atoms with Crippen LogP contribution in [0.5, 0.6) is 0 Å². The fourth-order valence-corrected chi connectivity index (χ4v) is 2.85. The molecule has 16 heavy (non-hydrogen) atoms. The van der Waals surface area contributed by atoms with Gasteiger partial charge in [0.25, 0.3) is 0 Å². The van der Waals surface area contributed by atoms with Crippen molar-refractivity contribution in [1.82, 2.24) is 10.2 Å². The van der Waals surface area contributed by atoms with E-state index in [1.807, 2.05) is 0 Å². The molecule has 0 amide bonds. The number of hydrogen-bond donors (Lipinski definition) is 1. The van der Waals surface area contributed by atoms with Crippen LogP contribution in [0, 0.1) is 5.92 Å². The van der Waals surface area contributed by atoms with Crippen molar-refractivity contribution < 1.29 is 0 Å². The minimum absolute atomic E-state index is 0.684. The molecule has 0 bridgehead atoms. The van der Waals surface area contributed by atoms with Crippen LogP contribution in [0.4, 0.5) is 0 Å². The van der Waals surface area contributed by atoms with Crippen molar-refractivity contribution in [2.75, 3.05) is 19.6 Å². The molecule has 0 spiro atoms. The molecular formula is C13H23ClN2. The van der Waals surface area contributed by atoms with E-state index in [2.05, 4.69) is 23.2 Å². The number of halogens is 1. The van der Waals surface area contributed by atoms with Crippen LogP contribution in [0.1, 0.15) is 32.6 Å². The van der Waals surface area contributed by atoms with Crippen molar-refractivity contribution in [3.05, 3.63) is 11.6 Å². The normalized spacial score (nSPS) is 32.4. The zero-order valence-corrected chi connectivity index (χ0v) is 10.9. The number of nitrogens with one attached hydrogen (secondary N) is 1. The van der Waals surface area contributed by atoms with Crippen molar-refractivity contribution in [3.8, 4) is 0 Å². The molecule has 0 aromatic heterocycles. The molecule has 1 aliphatic carbocycles. The Kier molecular flexibility index (Phi) is 4.68. The Hall–Kier alpha value is -0.0500. The fourth-order valence-electron chi connectivity index (χ4n) is 2.77. The number of rotatable bonds is 5. The van der Waals surface area contributed by atoms with E-state index in [4.69, 9.17) is 11.6 Å². The molecule has 0 aromatic carbocycles. The van der Waals surface area contributed by atoms with Gasteiger partial charge in [-0.25, -0.2) is 0 Å². The van der Waals surface area contributed by atoms with E-state index < -0.39 is 0 Å². The summed E-state index contributed by atoms with van der Waals surface area (Å²) in [5.41, 5.74) is 1.65. The molecule has 3 heteroatoms. The highest BCUT2D eigenvalue weighted by molar-refractivity contribution is 6.25. The lowest BCUT2D eigenvalue weighted by molar-refractivity contribution is 0.125. The van der Waals surface area contributed by atoms with Gasteiger partial charge in [0, 0.05) is 37.3 Å². The minimum Gasteiger partial charge on any atom is -0.311 e. The van der Waals surface area contributed by atoms with E-state index in [1.165, 1.54) is 38.8 Å². The third kappa shape index (κ3) is 3.22. The average Bonchev–Trinajstić information content (AvgIpc) is 3.11. The van der Waals surface area contributed by atoms with Gasteiger partial charge in [0.1, 0.15) is 0 Å². The number of hydrogen-bond acceptors (Lipinski definition) is 2. The Morgan fingerprint density at radius 2 is 2.25 bits per heavy atom. The second-order valence-electron chi connectivity index (χ2n) is 5.11. The lowest BCUT2D eigenvalue weighted by atomic mass is 10.0. The first kappa shape index (κ1) is 12.4. The second kappa shape index (κ2) is 6.04. The lowest BCUT2D eigenvalue weighted by Crippen LogP contribution is -2.57. The molecule has 0 radical (unpaired) electrons. The maximum atomic E-state index is 5.64. The summed E-state index contributed by atoms with van der Waals surface area (Å²) >= 11 is 5.64. The predicted molar refractivity (Wildman–Crippen MR) is 69.8 cm³/mol. The molecule has 2 rings (SSSR count). The van der Waals surface area contributed by atoms with Crippen molar-refractivity contribution in [3.63, 3.8) is 0 Å². The third-order valence-corrected chi connectivity index (χ3v) is 3.95. The zero-order valence-electron chi connectivity index (χ0n) is 10.2. The maximum absolute atomic E-state index is 5.64. The lowest BCUT2D eigenvalue weighted by Gasteiger charge is -2.40. The highest BCUT2D eigenvalue weighted by Crippen LogP contribution is 2.36. The van der Waals surface area contributed by atoms with Crippen LogP contribution in [-0.4, -0.2) is 36.6 Å². The van der Waals surface area contributed by atoms with Crippen molar-refractivity contribution >= 4 is 11.6 Å². The van der Waals surface area contributed by atoms with Gasteiger partial charge in [0.05, 0.1) is 0 Å². The van der Waals surface area contributed by atoms with Crippen molar-refractivity contribution in [2.45, 2.75) is 44.7 Å². The minimum atomic E-state index is 0.684. The fraction of sp³-hybridized carbons (Fsp3) is 0.846. The smallest absolute Gasteiger partial charge is 0.0252 e. The van der Waals surface area contributed by atoms with Crippen LogP contribution >= 0.6 is 11.6 Å². The van der Waals surface area contributed by atoms with E-state index in [1.54, 1.807) is 5.54 Å². The van der Waals surface area contributed by atoms with Crippen molar-refractivity contribution in [2.24, 2.45) is 5.92 Å². The van der Waals surface area contributed by atoms with Gasteiger partial charge in [-0.3, -0.25) is 4.90 Å². The van der Waals surface area contributed by atoms with Crippen LogP contribution in [0.2, 0.25) is 0 Å². The summed E-state index contributed by atoms with van der Waals surface area (Å²) in [7, 11) is 0. The van der Waals surface area contributed by atoms with Gasteiger partial charge in [-0.05, 0) is 25.2 Å². The summed E-state index contributed by atoms with van der Waals surface area (Å²) < 4.78 is 0. The molecule has 2 fully saturated rings. The molecule has 1 aliphatic heterocycles. The van der Waals surface area contributed by atoms with Crippen molar-refractivity contribution in [1.29, 1.82) is 0 Å². The summed E-state index contributed by atoms with van der Waals surface area (Å²) in [5.74, 6) is 0.943. The Bertz CT molecular complexity index is 238. The largest absolute Gasteiger partial charge is 0.311 e. The van der Waals surface area contributed by atoms with Gasteiger partial charge >= 0.3 is 0 Å². The van der Waals surface area contributed by atoms with Gasteiger partial charge in [-0.1, -0.05) is 31.0 Å². The van der Waals surface area contributed by atoms with Gasteiger partial charge in [0.15, 0.2) is 0 Å². The standard InChI is InChI=1S/C13H23ClN2/c1-2-4-12-10-16(8-3-7-14)13(9-15-12)11-5-6-11/h3,7,11-13,15H,2,4-6,8-10H2,1H3/b7-3+.